The third-order valence-corrected chi connectivity index (χ3v) is 6.06. The third-order valence-electron chi connectivity index (χ3n) is 4.61. The lowest BCUT2D eigenvalue weighted by molar-refractivity contribution is 0.213. The topological polar surface area (TPSA) is 75.1 Å². The highest BCUT2D eigenvalue weighted by Crippen LogP contribution is 2.37. The highest BCUT2D eigenvalue weighted by Gasteiger charge is 2.37. The van der Waals surface area contributed by atoms with E-state index in [1.54, 1.807) is 0 Å². The lowest BCUT2D eigenvalue weighted by Gasteiger charge is -2.30. The Morgan fingerprint density at radius 2 is 1.95 bits per heavy atom. The van der Waals surface area contributed by atoms with Gasteiger partial charge in [-0.1, -0.05) is 33.6 Å². The minimum absolute atomic E-state index is 0.0866. The van der Waals surface area contributed by atoms with E-state index in [9.17, 15) is 9.32 Å². The molecule has 1 saturated carbocycles. The Morgan fingerprint density at radius 3 is 2.55 bits per heavy atom. The molecule has 0 saturated heterocycles. The zero-order valence-electron chi connectivity index (χ0n) is 13.6. The standard InChI is InChI=1S/C16H25N3O2S/c1-15(2,3)14-17-11-6-9-22(21)12(11)13(18-14)19-16(10-20)7-4-5-8-16/h20H,4-10H2,1-3H3,(H,17,18,19). The first-order valence-corrected chi connectivity index (χ1v) is 9.35. The third kappa shape index (κ3) is 2.78. The summed E-state index contributed by atoms with van der Waals surface area (Å²) in [4.78, 5) is 10.1. The Balaban J connectivity index is 2.05. The van der Waals surface area contributed by atoms with Gasteiger partial charge in [0.1, 0.15) is 16.5 Å². The van der Waals surface area contributed by atoms with Gasteiger partial charge in [-0.3, -0.25) is 4.21 Å². The van der Waals surface area contributed by atoms with Crippen LogP contribution in [0.4, 0.5) is 5.82 Å². The molecular weight excluding hydrogens is 298 g/mol. The van der Waals surface area contributed by atoms with Crippen LogP contribution in [0, 0.1) is 0 Å². The highest BCUT2D eigenvalue weighted by molar-refractivity contribution is 7.85. The predicted octanol–water partition coefficient (Wildman–Crippen LogP) is 2.15. The summed E-state index contributed by atoms with van der Waals surface area (Å²) in [6.45, 7) is 6.34. The number of fused-ring (bicyclic) bond motifs is 1. The van der Waals surface area contributed by atoms with E-state index in [0.717, 1.165) is 48.5 Å². The number of anilines is 1. The lowest BCUT2D eigenvalue weighted by Crippen LogP contribution is -2.40. The fourth-order valence-corrected chi connectivity index (χ4v) is 4.55. The van der Waals surface area contributed by atoms with Crippen molar-refractivity contribution >= 4 is 16.6 Å². The zero-order chi connectivity index (χ0) is 16.0. The van der Waals surface area contributed by atoms with E-state index >= 15 is 0 Å². The molecule has 1 atom stereocenters. The number of aliphatic hydroxyl groups is 1. The minimum atomic E-state index is -1.03. The van der Waals surface area contributed by atoms with Gasteiger partial charge in [0.25, 0.3) is 0 Å². The highest BCUT2D eigenvalue weighted by atomic mass is 32.2. The summed E-state index contributed by atoms with van der Waals surface area (Å²) in [6, 6.07) is 0. The van der Waals surface area contributed by atoms with Crippen LogP contribution in [0.15, 0.2) is 4.90 Å². The molecule has 2 heterocycles. The zero-order valence-corrected chi connectivity index (χ0v) is 14.4. The van der Waals surface area contributed by atoms with Gasteiger partial charge >= 0.3 is 0 Å². The molecule has 5 nitrogen and oxygen atoms in total. The first kappa shape index (κ1) is 15.9. The molecule has 2 aliphatic rings. The number of hydrogen-bond donors (Lipinski definition) is 2. The number of hydrogen-bond acceptors (Lipinski definition) is 5. The molecule has 2 N–H and O–H groups in total. The molecule has 0 radical (unpaired) electrons. The average Bonchev–Trinajstić information content (AvgIpc) is 3.06. The number of rotatable bonds is 3. The van der Waals surface area contributed by atoms with Crippen LogP contribution in [0.2, 0.25) is 0 Å². The Hall–Kier alpha value is -1.01. The van der Waals surface area contributed by atoms with Crippen LogP contribution in [-0.2, 0) is 22.6 Å². The van der Waals surface area contributed by atoms with Crippen molar-refractivity contribution in [3.8, 4) is 0 Å². The van der Waals surface area contributed by atoms with Gasteiger partial charge in [-0.15, -0.1) is 0 Å². The molecule has 0 bridgehead atoms. The van der Waals surface area contributed by atoms with Gasteiger partial charge in [0, 0.05) is 17.6 Å². The maximum absolute atomic E-state index is 12.3. The summed E-state index contributed by atoms with van der Waals surface area (Å²) in [7, 11) is -1.03. The van der Waals surface area contributed by atoms with Gasteiger partial charge in [-0.2, -0.15) is 0 Å². The molecule has 1 unspecified atom stereocenters. The summed E-state index contributed by atoms with van der Waals surface area (Å²) in [5.74, 6) is 2.08. The van der Waals surface area contributed by atoms with Crippen LogP contribution in [0.3, 0.4) is 0 Å². The van der Waals surface area contributed by atoms with E-state index in [2.05, 4.69) is 31.1 Å². The molecule has 0 aromatic carbocycles. The lowest BCUT2D eigenvalue weighted by atomic mass is 9.95. The summed E-state index contributed by atoms with van der Waals surface area (Å²) in [5, 5.41) is 13.3. The second-order valence-corrected chi connectivity index (χ2v) is 9.00. The molecule has 6 heteroatoms. The first-order chi connectivity index (χ1) is 10.3. The van der Waals surface area contributed by atoms with Gasteiger partial charge in [0.15, 0.2) is 0 Å². The van der Waals surface area contributed by atoms with E-state index in [0.29, 0.717) is 11.6 Å². The Bertz CT molecular complexity index is 604. The molecular formula is C16H25N3O2S. The fourth-order valence-electron chi connectivity index (χ4n) is 3.24. The summed E-state index contributed by atoms with van der Waals surface area (Å²) < 4.78 is 12.3. The number of aliphatic hydroxyl groups excluding tert-OH is 1. The summed E-state index contributed by atoms with van der Waals surface area (Å²) in [5.41, 5.74) is 0.439. The van der Waals surface area contributed by atoms with Crippen molar-refractivity contribution in [2.75, 3.05) is 17.7 Å². The van der Waals surface area contributed by atoms with Crippen molar-refractivity contribution in [2.24, 2.45) is 0 Å². The van der Waals surface area contributed by atoms with Gasteiger partial charge in [-0.05, 0) is 12.8 Å². The van der Waals surface area contributed by atoms with Crippen LogP contribution in [0.25, 0.3) is 0 Å². The normalized spacial score (nSPS) is 23.5. The monoisotopic (exact) mass is 323 g/mol. The number of nitrogens with one attached hydrogen (secondary N) is 1. The van der Waals surface area contributed by atoms with Gasteiger partial charge in [0.2, 0.25) is 0 Å². The molecule has 0 amide bonds. The molecule has 1 aromatic rings. The number of aryl methyl sites for hydroxylation is 1. The molecule has 22 heavy (non-hydrogen) atoms. The summed E-state index contributed by atoms with van der Waals surface area (Å²) in [6.07, 6.45) is 4.82. The van der Waals surface area contributed by atoms with E-state index in [-0.39, 0.29) is 17.6 Å². The van der Waals surface area contributed by atoms with E-state index in [1.807, 2.05) is 0 Å². The molecule has 1 aromatic heterocycles. The van der Waals surface area contributed by atoms with Crippen LogP contribution < -0.4 is 5.32 Å². The van der Waals surface area contributed by atoms with Crippen molar-refractivity contribution in [1.29, 1.82) is 0 Å². The molecule has 1 fully saturated rings. The van der Waals surface area contributed by atoms with E-state index in [4.69, 9.17) is 4.98 Å². The van der Waals surface area contributed by atoms with Crippen LogP contribution in [-0.4, -0.2) is 37.2 Å². The van der Waals surface area contributed by atoms with Crippen molar-refractivity contribution in [3.63, 3.8) is 0 Å². The first-order valence-electron chi connectivity index (χ1n) is 8.03. The number of nitrogens with zero attached hydrogens (tertiary/aromatic N) is 2. The second-order valence-electron chi connectivity index (χ2n) is 7.49. The SMILES string of the molecule is CC(C)(C)c1nc2c(c(NC3(CO)CCCC3)n1)S(=O)CC2. The van der Waals surface area contributed by atoms with Crippen LogP contribution in [0.5, 0.6) is 0 Å². The molecule has 1 aliphatic carbocycles. The average molecular weight is 323 g/mol. The van der Waals surface area contributed by atoms with Crippen molar-refractivity contribution in [3.05, 3.63) is 11.5 Å². The van der Waals surface area contributed by atoms with E-state index < -0.39 is 10.8 Å². The number of aromatic nitrogens is 2. The smallest absolute Gasteiger partial charge is 0.146 e. The van der Waals surface area contributed by atoms with E-state index in [1.165, 1.54) is 0 Å². The molecule has 0 spiro atoms. The molecule has 1 aliphatic heterocycles. The maximum atomic E-state index is 12.3. The molecule has 122 valence electrons. The van der Waals surface area contributed by atoms with Gasteiger partial charge in [0.05, 0.1) is 28.6 Å². The largest absolute Gasteiger partial charge is 0.394 e. The predicted molar refractivity (Wildman–Crippen MR) is 87.6 cm³/mol. The van der Waals surface area contributed by atoms with Crippen LogP contribution >= 0.6 is 0 Å². The maximum Gasteiger partial charge on any atom is 0.146 e. The Morgan fingerprint density at radius 1 is 1.27 bits per heavy atom. The Labute approximate surface area is 134 Å². The van der Waals surface area contributed by atoms with Crippen LogP contribution in [0.1, 0.15) is 58.0 Å². The quantitative estimate of drug-likeness (QED) is 0.891. The Kier molecular flexibility index (Phi) is 4.01. The van der Waals surface area contributed by atoms with Gasteiger partial charge < -0.3 is 10.4 Å². The van der Waals surface area contributed by atoms with Crippen molar-refractivity contribution < 1.29 is 9.32 Å². The van der Waals surface area contributed by atoms with Crippen molar-refractivity contribution in [2.45, 2.75) is 68.7 Å². The second kappa shape index (κ2) is 5.57. The van der Waals surface area contributed by atoms with Crippen molar-refractivity contribution in [1.82, 2.24) is 9.97 Å². The summed E-state index contributed by atoms with van der Waals surface area (Å²) >= 11 is 0. The molecule has 3 rings (SSSR count). The minimum Gasteiger partial charge on any atom is -0.394 e. The van der Waals surface area contributed by atoms with Gasteiger partial charge in [-0.25, -0.2) is 9.97 Å². The fraction of sp³-hybridized carbons (Fsp3) is 0.750.